The smallest absolute Gasteiger partial charge is 0.453 e. The molecule has 1 aromatic heterocycles. The summed E-state index contributed by atoms with van der Waals surface area (Å²) < 4.78 is 55.8. The predicted octanol–water partition coefficient (Wildman–Crippen LogP) is 4.44. The van der Waals surface area contributed by atoms with E-state index >= 15 is 0 Å². The number of aromatic amines is 1. The van der Waals surface area contributed by atoms with Gasteiger partial charge < -0.3 is 14.2 Å². The van der Waals surface area contributed by atoms with Gasteiger partial charge in [-0.1, -0.05) is 30.3 Å². The van der Waals surface area contributed by atoms with E-state index < -0.39 is 12.0 Å². The third-order valence-electron chi connectivity index (χ3n) is 3.94. The largest absolute Gasteiger partial charge is 0.493 e. The zero-order valence-electron chi connectivity index (χ0n) is 15.9. The number of hydrogen-bond acceptors (Lipinski definition) is 6. The number of ether oxygens (including phenoxy) is 3. The SMILES string of the molecule is COc1cc(/C=N\n2c(C(F)(F)F)n[nH]c2=S)cc(OC)c1OCc1ccccc1. The Morgan fingerprint density at radius 2 is 1.77 bits per heavy atom. The van der Waals surface area contributed by atoms with Crippen molar-refractivity contribution < 1.29 is 27.4 Å². The number of alkyl halides is 3. The summed E-state index contributed by atoms with van der Waals surface area (Å²) in [5.74, 6) is -0.237. The summed E-state index contributed by atoms with van der Waals surface area (Å²) in [6.07, 6.45) is -3.53. The lowest BCUT2D eigenvalue weighted by Crippen LogP contribution is -2.12. The average Bonchev–Trinajstić information content (AvgIpc) is 3.12. The molecule has 0 aliphatic heterocycles. The van der Waals surface area contributed by atoms with Gasteiger partial charge in [0.2, 0.25) is 10.5 Å². The summed E-state index contributed by atoms with van der Waals surface area (Å²) in [6, 6.07) is 12.6. The van der Waals surface area contributed by atoms with Crippen LogP contribution in [0.5, 0.6) is 17.2 Å². The van der Waals surface area contributed by atoms with Gasteiger partial charge in [-0.2, -0.15) is 22.9 Å². The highest BCUT2D eigenvalue weighted by Crippen LogP contribution is 2.38. The molecule has 1 heterocycles. The van der Waals surface area contributed by atoms with Crippen LogP contribution in [0.1, 0.15) is 17.0 Å². The van der Waals surface area contributed by atoms with Crippen LogP contribution in [0.15, 0.2) is 47.6 Å². The summed E-state index contributed by atoms with van der Waals surface area (Å²) in [4.78, 5) is 0. The normalized spacial score (nSPS) is 11.6. The van der Waals surface area contributed by atoms with Crippen molar-refractivity contribution in [1.29, 1.82) is 0 Å². The van der Waals surface area contributed by atoms with Crippen LogP contribution < -0.4 is 14.2 Å². The first kappa shape index (κ1) is 21.4. The number of hydrogen-bond donors (Lipinski definition) is 1. The molecule has 0 saturated carbocycles. The molecule has 0 spiro atoms. The molecule has 0 aliphatic carbocycles. The maximum Gasteiger partial charge on any atom is 0.453 e. The third-order valence-corrected chi connectivity index (χ3v) is 4.20. The Bertz CT molecular complexity index is 1070. The molecular weight excluding hydrogens is 421 g/mol. The Hall–Kier alpha value is -3.34. The highest BCUT2D eigenvalue weighted by Gasteiger charge is 2.37. The predicted molar refractivity (Wildman–Crippen MR) is 106 cm³/mol. The number of halogens is 3. The van der Waals surface area contributed by atoms with Crippen molar-refractivity contribution in [1.82, 2.24) is 14.9 Å². The quantitative estimate of drug-likeness (QED) is 0.436. The molecule has 0 amide bonds. The van der Waals surface area contributed by atoms with Gasteiger partial charge in [-0.25, -0.2) is 5.10 Å². The van der Waals surface area contributed by atoms with Gasteiger partial charge in [-0.3, -0.25) is 0 Å². The van der Waals surface area contributed by atoms with E-state index in [4.69, 9.17) is 26.4 Å². The minimum Gasteiger partial charge on any atom is -0.493 e. The second-order valence-corrected chi connectivity index (χ2v) is 6.32. The standard InChI is InChI=1S/C19H17F3N4O3S/c1-27-14-8-13(10-23-26-17(19(20,21)22)24-25-18(26)30)9-15(28-2)16(14)29-11-12-6-4-3-5-7-12/h3-10H,11H2,1-2H3,(H,25,30)/b23-10-. The number of aromatic nitrogens is 3. The highest BCUT2D eigenvalue weighted by atomic mass is 32.1. The Kier molecular flexibility index (Phi) is 6.40. The molecule has 30 heavy (non-hydrogen) atoms. The number of nitrogens with one attached hydrogen (secondary N) is 1. The Balaban J connectivity index is 1.91. The molecule has 11 heteroatoms. The van der Waals surface area contributed by atoms with Crippen molar-refractivity contribution >= 4 is 18.4 Å². The monoisotopic (exact) mass is 438 g/mol. The highest BCUT2D eigenvalue weighted by molar-refractivity contribution is 7.71. The number of H-pyrrole nitrogens is 1. The molecule has 3 aromatic rings. The Morgan fingerprint density at radius 1 is 1.13 bits per heavy atom. The van der Waals surface area contributed by atoms with E-state index in [2.05, 4.69) is 15.3 Å². The fourth-order valence-electron chi connectivity index (χ4n) is 2.55. The van der Waals surface area contributed by atoms with Gasteiger partial charge in [0.05, 0.1) is 20.4 Å². The molecule has 0 radical (unpaired) electrons. The van der Waals surface area contributed by atoms with Crippen LogP contribution in [-0.4, -0.2) is 35.3 Å². The summed E-state index contributed by atoms with van der Waals surface area (Å²) in [6.45, 7) is 0.278. The topological polar surface area (TPSA) is 73.7 Å². The molecule has 0 bridgehead atoms. The van der Waals surface area contributed by atoms with Crippen LogP contribution in [-0.2, 0) is 12.8 Å². The zero-order valence-corrected chi connectivity index (χ0v) is 16.8. The second kappa shape index (κ2) is 8.99. The van der Waals surface area contributed by atoms with E-state index in [0.29, 0.717) is 27.5 Å². The molecule has 0 unspecified atom stereocenters. The molecule has 158 valence electrons. The number of benzene rings is 2. The summed E-state index contributed by atoms with van der Waals surface area (Å²) in [5.41, 5.74) is 1.35. The molecule has 0 atom stereocenters. The van der Waals surface area contributed by atoms with Gasteiger partial charge >= 0.3 is 6.18 Å². The van der Waals surface area contributed by atoms with Gasteiger partial charge in [-0.15, -0.1) is 5.10 Å². The molecule has 2 aromatic carbocycles. The fourth-order valence-corrected chi connectivity index (χ4v) is 2.73. The minimum atomic E-state index is -4.71. The van der Waals surface area contributed by atoms with Gasteiger partial charge in [0.15, 0.2) is 11.5 Å². The summed E-state index contributed by atoms with van der Waals surface area (Å²) in [7, 11) is 2.89. The van der Waals surface area contributed by atoms with Crippen LogP contribution in [0.4, 0.5) is 13.2 Å². The summed E-state index contributed by atoms with van der Waals surface area (Å²) in [5, 5.41) is 9.05. The lowest BCUT2D eigenvalue weighted by atomic mass is 10.2. The van der Waals surface area contributed by atoms with E-state index in [0.717, 1.165) is 5.56 Å². The first-order chi connectivity index (χ1) is 14.3. The van der Waals surface area contributed by atoms with E-state index in [1.165, 1.54) is 20.4 Å². The van der Waals surface area contributed by atoms with Crippen LogP contribution in [0.2, 0.25) is 0 Å². The van der Waals surface area contributed by atoms with Gasteiger partial charge in [0.1, 0.15) is 6.61 Å². The number of rotatable bonds is 7. The fraction of sp³-hybridized carbons (Fsp3) is 0.211. The molecule has 0 aliphatic rings. The van der Waals surface area contributed by atoms with Crippen molar-refractivity contribution in [3.8, 4) is 17.2 Å². The van der Waals surface area contributed by atoms with Gasteiger partial charge in [0, 0.05) is 5.56 Å². The average molecular weight is 438 g/mol. The summed E-state index contributed by atoms with van der Waals surface area (Å²) >= 11 is 4.82. The van der Waals surface area contributed by atoms with Crippen LogP contribution >= 0.6 is 12.2 Å². The van der Waals surface area contributed by atoms with Crippen molar-refractivity contribution in [2.75, 3.05) is 14.2 Å². The van der Waals surface area contributed by atoms with Crippen molar-refractivity contribution in [2.45, 2.75) is 12.8 Å². The molecule has 0 fully saturated rings. The Labute approximate surface area is 174 Å². The molecule has 1 N–H and O–H groups in total. The van der Waals surface area contributed by atoms with Crippen molar-refractivity contribution in [2.24, 2.45) is 5.10 Å². The van der Waals surface area contributed by atoms with E-state index in [9.17, 15) is 13.2 Å². The number of methoxy groups -OCH3 is 2. The lowest BCUT2D eigenvalue weighted by Gasteiger charge is -2.15. The lowest BCUT2D eigenvalue weighted by molar-refractivity contribution is -0.147. The Morgan fingerprint density at radius 3 is 2.33 bits per heavy atom. The van der Waals surface area contributed by atoms with Crippen LogP contribution in [0, 0.1) is 4.77 Å². The van der Waals surface area contributed by atoms with Gasteiger partial charge in [-0.05, 0) is 29.9 Å². The number of nitrogens with zero attached hydrogens (tertiary/aromatic N) is 3. The van der Waals surface area contributed by atoms with Crippen LogP contribution in [0.25, 0.3) is 0 Å². The third kappa shape index (κ3) is 4.79. The molecule has 3 rings (SSSR count). The van der Waals surface area contributed by atoms with E-state index in [1.54, 1.807) is 12.1 Å². The maximum atomic E-state index is 13.0. The first-order valence-corrected chi connectivity index (χ1v) is 8.96. The van der Waals surface area contributed by atoms with E-state index in [-0.39, 0.29) is 11.4 Å². The molecule has 7 nitrogen and oxygen atoms in total. The zero-order chi connectivity index (χ0) is 21.7. The van der Waals surface area contributed by atoms with E-state index in [1.807, 2.05) is 30.3 Å². The van der Waals surface area contributed by atoms with Gasteiger partial charge in [0.25, 0.3) is 5.82 Å². The first-order valence-electron chi connectivity index (χ1n) is 8.55. The molecular formula is C19H17F3N4O3S. The second-order valence-electron chi connectivity index (χ2n) is 5.94. The minimum absolute atomic E-state index is 0.278. The van der Waals surface area contributed by atoms with Crippen molar-refractivity contribution in [3.05, 3.63) is 64.2 Å². The van der Waals surface area contributed by atoms with Crippen LogP contribution in [0.3, 0.4) is 0 Å². The maximum absolute atomic E-state index is 13.0. The molecule has 0 saturated heterocycles. The van der Waals surface area contributed by atoms with Crippen molar-refractivity contribution in [3.63, 3.8) is 0 Å².